The summed E-state index contributed by atoms with van der Waals surface area (Å²) in [6.45, 7) is 2.84. The van der Waals surface area contributed by atoms with Crippen LogP contribution in [0.3, 0.4) is 0 Å². The second-order valence-electron chi connectivity index (χ2n) is 4.33. The monoisotopic (exact) mass is 313 g/mol. The second kappa shape index (κ2) is 5.19. The lowest BCUT2D eigenvalue weighted by molar-refractivity contribution is 0.0656. The summed E-state index contributed by atoms with van der Waals surface area (Å²) in [5.74, 6) is -0.0619. The van der Waals surface area contributed by atoms with Gasteiger partial charge in [0.15, 0.2) is 0 Å². The Balaban J connectivity index is 1.91. The smallest absolute Gasteiger partial charge is 0.285 e. The Kier molecular flexibility index (Phi) is 3.56. The van der Waals surface area contributed by atoms with Crippen LogP contribution in [0.1, 0.15) is 39.6 Å². The Morgan fingerprint density at radius 3 is 3.11 bits per heavy atom. The number of thiophene rings is 1. The molecule has 3 heterocycles. The summed E-state index contributed by atoms with van der Waals surface area (Å²) < 4.78 is 0.310. The minimum Gasteiger partial charge on any atom is -0.329 e. The van der Waals surface area contributed by atoms with Gasteiger partial charge in [-0.1, -0.05) is 18.3 Å². The third-order valence-electron chi connectivity index (χ3n) is 3.33. The first-order chi connectivity index (χ1) is 9.20. The normalized spacial score (nSPS) is 18.4. The molecule has 0 aromatic carbocycles. The summed E-state index contributed by atoms with van der Waals surface area (Å²) in [6, 6.07) is 2.27. The second-order valence-corrected chi connectivity index (χ2v) is 6.89. The Morgan fingerprint density at radius 1 is 1.58 bits per heavy atom. The Bertz CT molecular complexity index is 610. The summed E-state index contributed by atoms with van der Waals surface area (Å²) in [5, 5.41) is 10.0. The quantitative estimate of drug-likeness (QED) is 0.853. The molecule has 0 spiro atoms. The molecule has 1 aliphatic heterocycles. The van der Waals surface area contributed by atoms with Crippen LogP contribution >= 0.6 is 34.3 Å². The molecule has 4 nitrogen and oxygen atoms in total. The van der Waals surface area contributed by atoms with Crippen LogP contribution in [-0.4, -0.2) is 27.5 Å². The molecule has 7 heteroatoms. The van der Waals surface area contributed by atoms with Crippen molar-refractivity contribution in [1.82, 2.24) is 15.1 Å². The molecular formula is C12H12ClN3OS2. The maximum atomic E-state index is 12.5. The highest BCUT2D eigenvalue weighted by atomic mass is 35.5. The van der Waals surface area contributed by atoms with Crippen molar-refractivity contribution in [1.29, 1.82) is 0 Å². The average molecular weight is 314 g/mol. The van der Waals surface area contributed by atoms with Crippen LogP contribution in [0.25, 0.3) is 0 Å². The summed E-state index contributed by atoms with van der Waals surface area (Å²) in [7, 11) is 0. The van der Waals surface area contributed by atoms with Gasteiger partial charge in [-0.05, 0) is 41.5 Å². The minimum absolute atomic E-state index is 0.0619. The molecule has 0 fully saturated rings. The number of hydrogen-bond donors (Lipinski definition) is 0. The van der Waals surface area contributed by atoms with E-state index in [-0.39, 0.29) is 11.9 Å². The molecular weight excluding hydrogens is 302 g/mol. The highest BCUT2D eigenvalue weighted by Gasteiger charge is 2.32. The van der Waals surface area contributed by atoms with Gasteiger partial charge in [-0.2, -0.15) is 0 Å². The van der Waals surface area contributed by atoms with Crippen molar-refractivity contribution in [2.75, 3.05) is 6.54 Å². The van der Waals surface area contributed by atoms with Crippen molar-refractivity contribution < 1.29 is 4.79 Å². The fourth-order valence-corrected chi connectivity index (χ4v) is 4.21. The highest BCUT2D eigenvalue weighted by molar-refractivity contribution is 7.17. The number of carbonyl (C=O) groups excluding carboxylic acids is 1. The van der Waals surface area contributed by atoms with Crippen LogP contribution in [0.2, 0.25) is 4.47 Å². The standard InChI is InChI=1S/C12H12ClN3OS2/c1-2-8-7-4-6-18-9(7)3-5-16(8)11(17)10-14-15-12(13)19-10/h4,6,8H,2-3,5H2,1H3. The molecule has 0 N–H and O–H groups in total. The number of rotatable bonds is 2. The number of fused-ring (bicyclic) bond motifs is 1. The van der Waals surface area contributed by atoms with E-state index in [1.165, 1.54) is 10.4 Å². The van der Waals surface area contributed by atoms with E-state index in [1.807, 2.05) is 4.90 Å². The van der Waals surface area contributed by atoms with Gasteiger partial charge >= 0.3 is 0 Å². The summed E-state index contributed by atoms with van der Waals surface area (Å²) >= 11 is 8.67. The minimum atomic E-state index is -0.0619. The van der Waals surface area contributed by atoms with E-state index in [9.17, 15) is 4.79 Å². The number of aromatic nitrogens is 2. The summed E-state index contributed by atoms with van der Waals surface area (Å²) in [5.41, 5.74) is 1.28. The lowest BCUT2D eigenvalue weighted by atomic mass is 9.98. The zero-order valence-electron chi connectivity index (χ0n) is 10.3. The SMILES string of the molecule is CCC1c2ccsc2CCN1C(=O)c1nnc(Cl)s1. The zero-order valence-corrected chi connectivity index (χ0v) is 12.7. The molecule has 0 aliphatic carbocycles. The van der Waals surface area contributed by atoms with Gasteiger partial charge in [0.25, 0.3) is 5.91 Å². The molecule has 0 saturated heterocycles. The third-order valence-corrected chi connectivity index (χ3v) is 5.33. The largest absolute Gasteiger partial charge is 0.329 e. The van der Waals surface area contributed by atoms with E-state index in [1.54, 1.807) is 11.3 Å². The molecule has 1 atom stereocenters. The van der Waals surface area contributed by atoms with Gasteiger partial charge in [0.1, 0.15) is 0 Å². The Hall–Kier alpha value is -0.980. The van der Waals surface area contributed by atoms with Crippen LogP contribution in [-0.2, 0) is 6.42 Å². The molecule has 0 radical (unpaired) electrons. The van der Waals surface area contributed by atoms with E-state index in [0.29, 0.717) is 9.47 Å². The first kappa shape index (κ1) is 13.0. The number of halogens is 1. The van der Waals surface area contributed by atoms with Crippen LogP contribution < -0.4 is 0 Å². The number of hydrogen-bond acceptors (Lipinski definition) is 5. The molecule has 1 unspecified atom stereocenters. The lowest BCUT2D eigenvalue weighted by Gasteiger charge is -2.34. The van der Waals surface area contributed by atoms with E-state index in [0.717, 1.165) is 30.7 Å². The van der Waals surface area contributed by atoms with Crippen molar-refractivity contribution in [3.63, 3.8) is 0 Å². The molecule has 1 amide bonds. The first-order valence-corrected chi connectivity index (χ1v) is 8.14. The first-order valence-electron chi connectivity index (χ1n) is 6.07. The predicted molar refractivity (Wildman–Crippen MR) is 77.0 cm³/mol. The van der Waals surface area contributed by atoms with Gasteiger partial charge in [-0.25, -0.2) is 0 Å². The average Bonchev–Trinajstić information content (AvgIpc) is 3.04. The van der Waals surface area contributed by atoms with E-state index in [4.69, 9.17) is 11.6 Å². The van der Waals surface area contributed by atoms with Gasteiger partial charge in [0.05, 0.1) is 6.04 Å². The topological polar surface area (TPSA) is 46.1 Å². The molecule has 2 aromatic heterocycles. The van der Waals surface area contributed by atoms with Crippen LogP contribution in [0.5, 0.6) is 0 Å². The summed E-state index contributed by atoms with van der Waals surface area (Å²) in [6.07, 6.45) is 1.82. The number of nitrogens with zero attached hydrogens (tertiary/aromatic N) is 3. The predicted octanol–water partition coefficient (Wildman–Crippen LogP) is 3.40. The molecule has 0 bridgehead atoms. The lowest BCUT2D eigenvalue weighted by Crippen LogP contribution is -2.39. The molecule has 3 rings (SSSR count). The van der Waals surface area contributed by atoms with Crippen molar-refractivity contribution in [2.24, 2.45) is 0 Å². The maximum absolute atomic E-state index is 12.5. The van der Waals surface area contributed by atoms with Gasteiger partial charge in [-0.15, -0.1) is 21.5 Å². The Morgan fingerprint density at radius 2 is 2.42 bits per heavy atom. The van der Waals surface area contributed by atoms with Crippen molar-refractivity contribution >= 4 is 40.2 Å². The fourth-order valence-electron chi connectivity index (χ4n) is 2.49. The number of amides is 1. The van der Waals surface area contributed by atoms with Gasteiger partial charge in [-0.3, -0.25) is 4.79 Å². The van der Waals surface area contributed by atoms with Crippen LogP contribution in [0.15, 0.2) is 11.4 Å². The number of carbonyl (C=O) groups is 1. The fraction of sp³-hybridized carbons (Fsp3) is 0.417. The van der Waals surface area contributed by atoms with Gasteiger partial charge < -0.3 is 4.90 Å². The van der Waals surface area contributed by atoms with Crippen LogP contribution in [0, 0.1) is 0 Å². The van der Waals surface area contributed by atoms with Crippen molar-refractivity contribution in [3.05, 3.63) is 31.4 Å². The third kappa shape index (κ3) is 2.28. The summed E-state index contributed by atoms with van der Waals surface area (Å²) in [4.78, 5) is 15.8. The van der Waals surface area contributed by atoms with Crippen LogP contribution in [0.4, 0.5) is 0 Å². The highest BCUT2D eigenvalue weighted by Crippen LogP contribution is 2.36. The molecule has 1 aliphatic rings. The molecule has 19 heavy (non-hydrogen) atoms. The van der Waals surface area contributed by atoms with Gasteiger partial charge in [0.2, 0.25) is 9.47 Å². The van der Waals surface area contributed by atoms with E-state index < -0.39 is 0 Å². The van der Waals surface area contributed by atoms with E-state index >= 15 is 0 Å². The maximum Gasteiger partial charge on any atom is 0.285 e. The van der Waals surface area contributed by atoms with Crippen molar-refractivity contribution in [2.45, 2.75) is 25.8 Å². The Labute approximate surface area is 124 Å². The molecule has 100 valence electrons. The molecule has 2 aromatic rings. The van der Waals surface area contributed by atoms with Crippen molar-refractivity contribution in [3.8, 4) is 0 Å². The van der Waals surface area contributed by atoms with Gasteiger partial charge in [0, 0.05) is 11.4 Å². The zero-order chi connectivity index (χ0) is 13.4. The molecule has 0 saturated carbocycles. The van der Waals surface area contributed by atoms with E-state index in [2.05, 4.69) is 28.6 Å².